The predicted octanol–water partition coefficient (Wildman–Crippen LogP) is 1.61. The summed E-state index contributed by atoms with van der Waals surface area (Å²) in [5, 5.41) is 9.64. The number of hydrogen-bond donors (Lipinski definition) is 2. The van der Waals surface area contributed by atoms with Gasteiger partial charge in [-0.1, -0.05) is 35.0 Å². The Morgan fingerprint density at radius 1 is 1.37 bits per heavy atom. The van der Waals surface area contributed by atoms with Gasteiger partial charge in [-0.25, -0.2) is 0 Å². The van der Waals surface area contributed by atoms with Gasteiger partial charge in [0.05, 0.1) is 18.2 Å². The van der Waals surface area contributed by atoms with E-state index in [1.807, 2.05) is 39.0 Å². The molecule has 2 aromatic rings. The van der Waals surface area contributed by atoms with Crippen LogP contribution in [0.15, 0.2) is 28.8 Å². The number of hydrogen-bond acceptors (Lipinski definition) is 5. The van der Waals surface area contributed by atoms with Crippen molar-refractivity contribution in [2.75, 3.05) is 13.1 Å². The summed E-state index contributed by atoms with van der Waals surface area (Å²) in [4.78, 5) is 26.9. The van der Waals surface area contributed by atoms with Crippen LogP contribution in [0.2, 0.25) is 0 Å². The summed E-state index contributed by atoms with van der Waals surface area (Å²) in [6.07, 6.45) is 0.126. The molecule has 0 spiro atoms. The van der Waals surface area contributed by atoms with E-state index in [2.05, 4.69) is 26.8 Å². The Morgan fingerprint density at radius 2 is 2.19 bits per heavy atom. The zero-order chi connectivity index (χ0) is 19.4. The molecular weight excluding hydrogens is 344 g/mol. The van der Waals surface area contributed by atoms with Crippen LogP contribution in [0.3, 0.4) is 0 Å². The second kappa shape index (κ2) is 8.35. The van der Waals surface area contributed by atoms with Gasteiger partial charge in [0.1, 0.15) is 5.76 Å². The Hall–Kier alpha value is -2.67. The Bertz CT molecular complexity index is 811. The van der Waals surface area contributed by atoms with Crippen molar-refractivity contribution in [3.8, 4) is 0 Å². The molecule has 1 aliphatic heterocycles. The molecule has 0 aliphatic carbocycles. The van der Waals surface area contributed by atoms with Gasteiger partial charge in [-0.3, -0.25) is 14.5 Å². The van der Waals surface area contributed by atoms with Gasteiger partial charge in [0.2, 0.25) is 11.8 Å². The molecule has 7 nitrogen and oxygen atoms in total. The average molecular weight is 370 g/mol. The molecule has 0 bridgehead atoms. The second-order valence-corrected chi connectivity index (χ2v) is 7.05. The van der Waals surface area contributed by atoms with Gasteiger partial charge in [-0.05, 0) is 26.3 Å². The molecule has 144 valence electrons. The third-order valence-corrected chi connectivity index (χ3v) is 4.93. The van der Waals surface area contributed by atoms with E-state index in [0.717, 1.165) is 23.4 Å². The van der Waals surface area contributed by atoms with Crippen molar-refractivity contribution in [3.63, 3.8) is 0 Å². The van der Waals surface area contributed by atoms with Crippen LogP contribution in [0.5, 0.6) is 0 Å². The minimum atomic E-state index is -0.469. The molecule has 27 heavy (non-hydrogen) atoms. The van der Waals surface area contributed by atoms with Gasteiger partial charge < -0.3 is 15.2 Å². The van der Waals surface area contributed by atoms with Crippen LogP contribution in [0.4, 0.5) is 0 Å². The smallest absolute Gasteiger partial charge is 0.237 e. The van der Waals surface area contributed by atoms with Crippen molar-refractivity contribution in [3.05, 3.63) is 52.4 Å². The highest BCUT2D eigenvalue weighted by molar-refractivity contribution is 5.88. The Labute approximate surface area is 159 Å². The summed E-state index contributed by atoms with van der Waals surface area (Å²) < 4.78 is 5.11. The number of nitrogens with one attached hydrogen (secondary N) is 2. The van der Waals surface area contributed by atoms with Gasteiger partial charge in [-0.15, -0.1) is 0 Å². The van der Waals surface area contributed by atoms with Crippen LogP contribution in [0.1, 0.15) is 34.6 Å². The maximum atomic E-state index is 12.5. The van der Waals surface area contributed by atoms with Crippen LogP contribution in [-0.4, -0.2) is 41.0 Å². The van der Waals surface area contributed by atoms with Crippen LogP contribution in [-0.2, 0) is 22.7 Å². The maximum Gasteiger partial charge on any atom is 0.237 e. The number of aryl methyl sites for hydroxylation is 3. The molecule has 2 N–H and O–H groups in total. The first kappa shape index (κ1) is 19.1. The second-order valence-electron chi connectivity index (χ2n) is 7.05. The number of piperazine rings is 1. The van der Waals surface area contributed by atoms with Crippen molar-refractivity contribution >= 4 is 11.8 Å². The molecule has 1 fully saturated rings. The Morgan fingerprint density at radius 3 is 2.89 bits per heavy atom. The van der Waals surface area contributed by atoms with E-state index >= 15 is 0 Å². The lowest BCUT2D eigenvalue weighted by Crippen LogP contribution is -2.56. The predicted molar refractivity (Wildman–Crippen MR) is 101 cm³/mol. The fourth-order valence-corrected chi connectivity index (χ4v) is 3.41. The van der Waals surface area contributed by atoms with Gasteiger partial charge in [0.25, 0.3) is 0 Å². The molecule has 1 atom stereocenters. The fraction of sp³-hybridized carbons (Fsp3) is 0.450. The molecule has 1 saturated heterocycles. The number of rotatable bonds is 6. The standard InChI is InChI=1S/C20H26N4O3/c1-13-5-4-6-16(9-13)12-24-8-7-21-20(26)18(24)10-19(25)22-11-17-14(2)23-27-15(17)3/h4-6,9,18H,7-8,10-12H2,1-3H3,(H,21,26)(H,22,25)/t18-/m0/s1. The Kier molecular flexibility index (Phi) is 5.91. The molecule has 1 aromatic heterocycles. The van der Waals surface area contributed by atoms with E-state index in [1.54, 1.807) is 0 Å². The SMILES string of the molecule is Cc1cccc(CN2CCNC(=O)[C@@H]2CC(=O)NCc2c(C)noc2C)c1. The lowest BCUT2D eigenvalue weighted by molar-refractivity contribution is -0.134. The lowest BCUT2D eigenvalue weighted by Gasteiger charge is -2.34. The highest BCUT2D eigenvalue weighted by Crippen LogP contribution is 2.16. The normalized spacial score (nSPS) is 17.6. The molecule has 1 aromatic carbocycles. The van der Waals surface area contributed by atoms with Crippen molar-refractivity contribution in [2.24, 2.45) is 0 Å². The van der Waals surface area contributed by atoms with Crippen LogP contribution >= 0.6 is 0 Å². The van der Waals surface area contributed by atoms with E-state index in [-0.39, 0.29) is 18.2 Å². The summed E-state index contributed by atoms with van der Waals surface area (Å²) in [5.41, 5.74) is 3.98. The minimum absolute atomic E-state index is 0.0959. The summed E-state index contributed by atoms with van der Waals surface area (Å²) in [5.74, 6) is 0.442. The third-order valence-electron chi connectivity index (χ3n) is 4.93. The first-order valence-corrected chi connectivity index (χ1v) is 9.20. The number of carbonyl (C=O) groups is 2. The average Bonchev–Trinajstić information content (AvgIpc) is 2.94. The highest BCUT2D eigenvalue weighted by atomic mass is 16.5. The molecule has 0 radical (unpaired) electrons. The Balaban J connectivity index is 1.62. The fourth-order valence-electron chi connectivity index (χ4n) is 3.41. The molecular formula is C20H26N4O3. The minimum Gasteiger partial charge on any atom is -0.361 e. The van der Waals surface area contributed by atoms with E-state index in [4.69, 9.17) is 4.52 Å². The van der Waals surface area contributed by atoms with Crippen molar-refractivity contribution in [2.45, 2.75) is 46.3 Å². The monoisotopic (exact) mass is 370 g/mol. The molecule has 1 aliphatic rings. The largest absolute Gasteiger partial charge is 0.361 e. The molecule has 0 saturated carbocycles. The lowest BCUT2D eigenvalue weighted by atomic mass is 10.1. The number of benzene rings is 1. The first-order valence-electron chi connectivity index (χ1n) is 9.20. The van der Waals surface area contributed by atoms with Gasteiger partial charge >= 0.3 is 0 Å². The quantitative estimate of drug-likeness (QED) is 0.807. The molecule has 2 amide bonds. The highest BCUT2D eigenvalue weighted by Gasteiger charge is 2.31. The van der Waals surface area contributed by atoms with Crippen molar-refractivity contribution in [1.82, 2.24) is 20.7 Å². The molecule has 2 heterocycles. The number of nitrogens with zero attached hydrogens (tertiary/aromatic N) is 2. The third kappa shape index (κ3) is 4.74. The van der Waals surface area contributed by atoms with E-state index in [9.17, 15) is 9.59 Å². The number of carbonyl (C=O) groups excluding carboxylic acids is 2. The zero-order valence-electron chi connectivity index (χ0n) is 16.0. The van der Waals surface area contributed by atoms with Crippen molar-refractivity contribution < 1.29 is 14.1 Å². The van der Waals surface area contributed by atoms with E-state index < -0.39 is 6.04 Å². The first-order chi connectivity index (χ1) is 12.9. The van der Waals surface area contributed by atoms with Crippen LogP contribution in [0.25, 0.3) is 0 Å². The van der Waals surface area contributed by atoms with Crippen LogP contribution in [0, 0.1) is 20.8 Å². The molecule has 3 rings (SSSR count). The zero-order valence-corrected chi connectivity index (χ0v) is 16.0. The summed E-state index contributed by atoms with van der Waals surface area (Å²) >= 11 is 0. The van der Waals surface area contributed by atoms with E-state index in [1.165, 1.54) is 5.56 Å². The summed E-state index contributed by atoms with van der Waals surface area (Å²) in [6, 6.07) is 7.75. The number of aromatic nitrogens is 1. The van der Waals surface area contributed by atoms with Crippen molar-refractivity contribution in [1.29, 1.82) is 0 Å². The van der Waals surface area contributed by atoms with E-state index in [0.29, 0.717) is 25.4 Å². The topological polar surface area (TPSA) is 87.5 Å². The van der Waals surface area contributed by atoms with Gasteiger partial charge in [0, 0.05) is 31.7 Å². The maximum absolute atomic E-state index is 12.5. The molecule has 7 heteroatoms. The van der Waals surface area contributed by atoms with Crippen LogP contribution < -0.4 is 10.6 Å². The van der Waals surface area contributed by atoms with Gasteiger partial charge in [-0.2, -0.15) is 0 Å². The van der Waals surface area contributed by atoms with Gasteiger partial charge in [0.15, 0.2) is 0 Å². The summed E-state index contributed by atoms with van der Waals surface area (Å²) in [7, 11) is 0. The summed E-state index contributed by atoms with van der Waals surface area (Å²) in [6.45, 7) is 8.04. The molecule has 0 unspecified atom stereocenters. The number of amides is 2.